The largest absolute Gasteiger partial charge is 0.457 e. The first-order chi connectivity index (χ1) is 16.2. The Morgan fingerprint density at radius 1 is 1.11 bits per heavy atom. The molecule has 5 rings (SSSR count). The molecule has 0 aromatic heterocycles. The van der Waals surface area contributed by atoms with Crippen LogP contribution in [-0.4, -0.2) is 46.2 Å². The predicted molar refractivity (Wildman–Crippen MR) is 135 cm³/mol. The molecule has 0 radical (unpaired) electrons. The van der Waals surface area contributed by atoms with Gasteiger partial charge in [-0.3, -0.25) is 4.79 Å². The van der Waals surface area contributed by atoms with Gasteiger partial charge in [0.1, 0.15) is 0 Å². The van der Waals surface area contributed by atoms with E-state index in [4.69, 9.17) is 9.47 Å². The van der Waals surface area contributed by atoms with Gasteiger partial charge < -0.3 is 19.7 Å². The smallest absolute Gasteiger partial charge is 0.303 e. The van der Waals surface area contributed by atoms with Crippen LogP contribution < -0.4 is 0 Å². The van der Waals surface area contributed by atoms with E-state index in [-0.39, 0.29) is 40.5 Å². The minimum Gasteiger partial charge on any atom is -0.457 e. The van der Waals surface area contributed by atoms with Crippen molar-refractivity contribution in [2.24, 2.45) is 39.9 Å². The van der Waals surface area contributed by atoms with Crippen LogP contribution in [0.1, 0.15) is 99.8 Å². The molecule has 0 spiro atoms. The summed E-state index contributed by atoms with van der Waals surface area (Å²) in [5.74, 6) is 1.89. The van der Waals surface area contributed by atoms with Crippen molar-refractivity contribution < 1.29 is 24.5 Å². The number of aliphatic hydroxyl groups is 2. The second kappa shape index (κ2) is 8.30. The van der Waals surface area contributed by atoms with Gasteiger partial charge in [0.15, 0.2) is 6.10 Å². The fourth-order valence-corrected chi connectivity index (χ4v) is 9.82. The van der Waals surface area contributed by atoms with E-state index in [1.54, 1.807) is 19.4 Å². The van der Waals surface area contributed by atoms with Gasteiger partial charge in [0, 0.05) is 6.92 Å². The van der Waals surface area contributed by atoms with Gasteiger partial charge in [0.05, 0.1) is 23.9 Å². The number of ether oxygens (including phenoxy) is 2. The molecule has 4 aliphatic carbocycles. The summed E-state index contributed by atoms with van der Waals surface area (Å²) in [6, 6.07) is 0. The molecule has 0 aromatic rings. The van der Waals surface area contributed by atoms with E-state index in [0.29, 0.717) is 23.7 Å². The molecule has 1 aliphatic heterocycles. The van der Waals surface area contributed by atoms with Crippen LogP contribution in [0.15, 0.2) is 11.6 Å². The summed E-state index contributed by atoms with van der Waals surface area (Å²) in [6.07, 6.45) is 10.1. The van der Waals surface area contributed by atoms with Crippen LogP contribution >= 0.6 is 0 Å². The third kappa shape index (κ3) is 3.85. The molecule has 0 amide bonds. The number of esters is 1. The van der Waals surface area contributed by atoms with Gasteiger partial charge in [0.2, 0.25) is 0 Å². The highest BCUT2D eigenvalue weighted by molar-refractivity contribution is 5.66. The lowest BCUT2D eigenvalue weighted by Crippen LogP contribution is -2.55. The van der Waals surface area contributed by atoms with E-state index in [0.717, 1.165) is 38.5 Å². The van der Waals surface area contributed by atoms with Gasteiger partial charge in [-0.25, -0.2) is 0 Å². The Bertz CT molecular complexity index is 886. The van der Waals surface area contributed by atoms with Crippen molar-refractivity contribution in [3.63, 3.8) is 0 Å². The summed E-state index contributed by atoms with van der Waals surface area (Å²) < 4.78 is 12.3. The van der Waals surface area contributed by atoms with Crippen molar-refractivity contribution >= 4 is 5.97 Å². The Morgan fingerprint density at radius 3 is 2.49 bits per heavy atom. The Labute approximate surface area is 212 Å². The van der Waals surface area contributed by atoms with Gasteiger partial charge in [0.25, 0.3) is 0 Å². The number of hydrogen-bond acceptors (Lipinski definition) is 5. The lowest BCUT2D eigenvalue weighted by molar-refractivity contribution is -0.199. The number of rotatable bonds is 3. The lowest BCUT2D eigenvalue weighted by Gasteiger charge is -2.61. The maximum absolute atomic E-state index is 11.8. The quantitative estimate of drug-likeness (QED) is 0.410. The van der Waals surface area contributed by atoms with Crippen LogP contribution in [0.25, 0.3) is 0 Å². The first kappa shape index (κ1) is 25.7. The molecule has 5 aliphatic rings. The standard InChI is InChI=1S/C30H48O5/c1-17(31)34-26(28(4,5)33)22-10-9-20-23(35-22)16-21-18-8-11-24-27(2,3)25(32)13-15-30(24,7)19(18)12-14-29(20,21)6/h12,18,20-26,32-33H,8-11,13-16H2,1-7H3/t18?,20?,21?,22?,23?,24?,25-,26-,29?,30+/m0/s1. The fraction of sp³-hybridized carbons (Fsp3) is 0.900. The molecule has 35 heavy (non-hydrogen) atoms. The first-order valence-corrected chi connectivity index (χ1v) is 14.1. The van der Waals surface area contributed by atoms with E-state index in [2.05, 4.69) is 33.8 Å². The summed E-state index contributed by atoms with van der Waals surface area (Å²) >= 11 is 0. The van der Waals surface area contributed by atoms with Crippen LogP contribution in [0.5, 0.6) is 0 Å². The van der Waals surface area contributed by atoms with Crippen molar-refractivity contribution in [1.82, 2.24) is 0 Å². The summed E-state index contributed by atoms with van der Waals surface area (Å²) in [7, 11) is 0. The number of carbonyl (C=O) groups excluding carboxylic acids is 1. The molecule has 4 fully saturated rings. The number of aliphatic hydroxyl groups excluding tert-OH is 1. The van der Waals surface area contributed by atoms with Gasteiger partial charge in [-0.2, -0.15) is 0 Å². The zero-order valence-corrected chi connectivity index (χ0v) is 23.0. The normalized spacial score (nSPS) is 47.5. The highest BCUT2D eigenvalue weighted by Gasteiger charge is 2.63. The number of carbonyl (C=O) groups is 1. The predicted octanol–water partition coefficient (Wildman–Crippen LogP) is 5.42. The molecule has 1 saturated heterocycles. The maximum atomic E-state index is 11.8. The Hall–Kier alpha value is -0.910. The van der Waals surface area contributed by atoms with Crippen LogP contribution in [0.3, 0.4) is 0 Å². The Morgan fingerprint density at radius 2 is 1.83 bits per heavy atom. The molecular weight excluding hydrogens is 440 g/mol. The van der Waals surface area contributed by atoms with Crippen molar-refractivity contribution in [3.8, 4) is 0 Å². The zero-order chi connectivity index (χ0) is 25.6. The number of fused-ring (bicyclic) bond motifs is 7. The van der Waals surface area contributed by atoms with Crippen molar-refractivity contribution in [1.29, 1.82) is 0 Å². The highest BCUT2D eigenvalue weighted by atomic mass is 16.6. The topological polar surface area (TPSA) is 76.0 Å². The average Bonchev–Trinajstić information content (AvgIpc) is 3.06. The summed E-state index contributed by atoms with van der Waals surface area (Å²) in [4.78, 5) is 11.8. The Kier molecular flexibility index (Phi) is 6.10. The molecular formula is C30H48O5. The molecule has 0 bridgehead atoms. The third-order valence-corrected chi connectivity index (χ3v) is 11.6. The minimum atomic E-state index is -1.14. The van der Waals surface area contributed by atoms with Crippen LogP contribution in [-0.2, 0) is 14.3 Å². The van der Waals surface area contributed by atoms with Crippen molar-refractivity contribution in [2.45, 2.75) is 130 Å². The summed E-state index contributed by atoms with van der Waals surface area (Å²) in [6.45, 7) is 14.4. The van der Waals surface area contributed by atoms with Crippen LogP contribution in [0.4, 0.5) is 0 Å². The minimum absolute atomic E-state index is 0.0393. The van der Waals surface area contributed by atoms with Gasteiger partial charge >= 0.3 is 5.97 Å². The van der Waals surface area contributed by atoms with E-state index in [9.17, 15) is 15.0 Å². The zero-order valence-electron chi connectivity index (χ0n) is 23.0. The maximum Gasteiger partial charge on any atom is 0.303 e. The van der Waals surface area contributed by atoms with Gasteiger partial charge in [-0.15, -0.1) is 0 Å². The van der Waals surface area contributed by atoms with Gasteiger partial charge in [-0.05, 0) is 105 Å². The molecule has 5 heteroatoms. The highest BCUT2D eigenvalue weighted by Crippen LogP contribution is 2.69. The summed E-state index contributed by atoms with van der Waals surface area (Å²) in [5, 5.41) is 21.6. The molecule has 198 valence electrons. The monoisotopic (exact) mass is 488 g/mol. The van der Waals surface area contributed by atoms with Crippen molar-refractivity contribution in [2.75, 3.05) is 0 Å². The molecule has 1 heterocycles. The number of allylic oxidation sites excluding steroid dienone is 2. The first-order valence-electron chi connectivity index (χ1n) is 14.1. The molecule has 2 N–H and O–H groups in total. The second-order valence-electron chi connectivity index (χ2n) is 14.3. The summed E-state index contributed by atoms with van der Waals surface area (Å²) in [5.41, 5.74) is 0.926. The van der Waals surface area contributed by atoms with E-state index in [1.165, 1.54) is 19.8 Å². The third-order valence-electron chi connectivity index (χ3n) is 11.6. The van der Waals surface area contributed by atoms with Crippen molar-refractivity contribution in [3.05, 3.63) is 11.6 Å². The Balaban J connectivity index is 1.39. The van der Waals surface area contributed by atoms with E-state index >= 15 is 0 Å². The van der Waals surface area contributed by atoms with Crippen LogP contribution in [0, 0.1) is 39.9 Å². The SMILES string of the molecule is CC(=O)O[C@@H](C1CCC2C(CC3C4CCC5C(C)(C)[C@@H](O)CC[C@]5(C)C4=CCC23C)O1)C(C)(C)O. The second-order valence-corrected chi connectivity index (χ2v) is 14.3. The van der Waals surface area contributed by atoms with Gasteiger partial charge in [-0.1, -0.05) is 39.3 Å². The van der Waals surface area contributed by atoms with Crippen LogP contribution in [0.2, 0.25) is 0 Å². The number of hydrogen-bond donors (Lipinski definition) is 2. The molecule has 0 aromatic carbocycles. The fourth-order valence-electron chi connectivity index (χ4n) is 9.82. The molecule has 7 unspecified atom stereocenters. The van der Waals surface area contributed by atoms with E-state index < -0.39 is 11.7 Å². The average molecular weight is 489 g/mol. The molecule has 5 nitrogen and oxygen atoms in total. The molecule has 3 saturated carbocycles. The van der Waals surface area contributed by atoms with E-state index in [1.807, 2.05) is 0 Å². The molecule has 10 atom stereocenters. The lowest BCUT2D eigenvalue weighted by atomic mass is 9.44.